The van der Waals surface area contributed by atoms with Crippen molar-refractivity contribution in [2.24, 2.45) is 5.41 Å². The molecule has 0 bridgehead atoms. The summed E-state index contributed by atoms with van der Waals surface area (Å²) in [6, 6.07) is 4.88. The second-order valence-corrected chi connectivity index (χ2v) is 7.53. The van der Waals surface area contributed by atoms with Gasteiger partial charge < -0.3 is 19.3 Å². The van der Waals surface area contributed by atoms with Gasteiger partial charge in [0.15, 0.2) is 0 Å². The van der Waals surface area contributed by atoms with Crippen LogP contribution in [0.3, 0.4) is 0 Å². The zero-order chi connectivity index (χ0) is 18.8. The highest BCUT2D eigenvalue weighted by atomic mass is 16.5. The molecule has 6 heteroatoms. The Kier molecular flexibility index (Phi) is 5.60. The Morgan fingerprint density at radius 1 is 1.20 bits per heavy atom. The average molecular weight is 348 g/mol. The first kappa shape index (κ1) is 19.1. The van der Waals surface area contributed by atoms with Crippen LogP contribution in [0.2, 0.25) is 0 Å². The second-order valence-electron chi connectivity index (χ2n) is 7.53. The van der Waals surface area contributed by atoms with Crippen LogP contribution >= 0.6 is 0 Å². The lowest BCUT2D eigenvalue weighted by Gasteiger charge is -2.40. The Hall–Kier alpha value is -2.24. The maximum atomic E-state index is 12.9. The maximum absolute atomic E-state index is 12.9. The molecule has 2 rings (SSSR count). The number of ether oxygens (including phenoxy) is 2. The summed E-state index contributed by atoms with van der Waals surface area (Å²) in [5, 5.41) is 0. The Morgan fingerprint density at radius 3 is 2.44 bits per heavy atom. The topological polar surface area (TPSA) is 59.1 Å². The van der Waals surface area contributed by atoms with Gasteiger partial charge in [0.25, 0.3) is 0 Å². The first-order valence-corrected chi connectivity index (χ1v) is 8.51. The van der Waals surface area contributed by atoms with Crippen LogP contribution < -0.4 is 14.4 Å². The minimum atomic E-state index is -0.490. The van der Waals surface area contributed by atoms with Crippen molar-refractivity contribution < 1.29 is 19.1 Å². The van der Waals surface area contributed by atoms with Gasteiger partial charge in [-0.15, -0.1) is 0 Å². The third kappa shape index (κ3) is 4.24. The van der Waals surface area contributed by atoms with Crippen molar-refractivity contribution in [3.63, 3.8) is 0 Å². The predicted octanol–water partition coefficient (Wildman–Crippen LogP) is 2.70. The van der Waals surface area contributed by atoms with Crippen LogP contribution in [0.15, 0.2) is 18.2 Å². The summed E-state index contributed by atoms with van der Waals surface area (Å²) in [4.78, 5) is 28.8. The van der Waals surface area contributed by atoms with Crippen LogP contribution in [0.5, 0.6) is 11.5 Å². The quantitative estimate of drug-likeness (QED) is 0.839. The van der Waals surface area contributed by atoms with Crippen molar-refractivity contribution in [1.82, 2.24) is 4.90 Å². The van der Waals surface area contributed by atoms with E-state index >= 15 is 0 Å². The van der Waals surface area contributed by atoms with E-state index < -0.39 is 6.04 Å². The van der Waals surface area contributed by atoms with Gasteiger partial charge in [0.2, 0.25) is 11.8 Å². The number of anilines is 1. The molecule has 1 fully saturated rings. The Morgan fingerprint density at radius 2 is 1.88 bits per heavy atom. The highest BCUT2D eigenvalue weighted by molar-refractivity contribution is 6.01. The van der Waals surface area contributed by atoms with E-state index in [1.165, 1.54) is 0 Å². The van der Waals surface area contributed by atoms with Gasteiger partial charge in [-0.2, -0.15) is 0 Å². The predicted molar refractivity (Wildman–Crippen MR) is 97.1 cm³/mol. The standard InChI is InChI=1S/C19H28N2O4/c1-13-18(23)21(10-9-20(13)17(22)12-19(2,3)4)15-8-7-14(24-5)11-16(15)25-6/h7-8,11,13H,9-10,12H2,1-6H3. The number of methoxy groups -OCH3 is 2. The van der Waals surface area contributed by atoms with Crippen molar-refractivity contribution in [2.75, 3.05) is 32.2 Å². The molecule has 1 unspecified atom stereocenters. The molecule has 0 radical (unpaired) electrons. The van der Waals surface area contributed by atoms with Gasteiger partial charge in [0.1, 0.15) is 17.5 Å². The second kappa shape index (κ2) is 7.33. The van der Waals surface area contributed by atoms with Crippen molar-refractivity contribution in [1.29, 1.82) is 0 Å². The summed E-state index contributed by atoms with van der Waals surface area (Å²) >= 11 is 0. The van der Waals surface area contributed by atoms with Gasteiger partial charge in [-0.25, -0.2) is 0 Å². The number of rotatable bonds is 4. The number of hydrogen-bond donors (Lipinski definition) is 0. The van der Waals surface area contributed by atoms with Crippen LogP contribution in [0.25, 0.3) is 0 Å². The molecule has 1 saturated heterocycles. The molecule has 6 nitrogen and oxygen atoms in total. The molecule has 0 saturated carbocycles. The van der Waals surface area contributed by atoms with E-state index in [9.17, 15) is 9.59 Å². The first-order chi connectivity index (χ1) is 11.7. The van der Waals surface area contributed by atoms with Crippen LogP contribution in [0, 0.1) is 5.41 Å². The van der Waals surface area contributed by atoms with E-state index in [0.29, 0.717) is 36.7 Å². The average Bonchev–Trinajstić information content (AvgIpc) is 2.55. The molecule has 1 atom stereocenters. The fraction of sp³-hybridized carbons (Fsp3) is 0.579. The third-order valence-corrected chi connectivity index (χ3v) is 4.34. The van der Waals surface area contributed by atoms with E-state index in [-0.39, 0.29) is 17.2 Å². The molecule has 2 amide bonds. The molecule has 0 aromatic heterocycles. The molecule has 0 N–H and O–H groups in total. The third-order valence-electron chi connectivity index (χ3n) is 4.34. The van der Waals surface area contributed by atoms with Crippen LogP contribution in [-0.2, 0) is 9.59 Å². The van der Waals surface area contributed by atoms with E-state index in [0.717, 1.165) is 0 Å². The number of amides is 2. The molecule has 0 spiro atoms. The summed E-state index contributed by atoms with van der Waals surface area (Å²) in [5.74, 6) is 1.17. The van der Waals surface area contributed by atoms with E-state index in [1.54, 1.807) is 43.1 Å². The van der Waals surface area contributed by atoms with E-state index in [1.807, 2.05) is 26.8 Å². The smallest absolute Gasteiger partial charge is 0.249 e. The number of carbonyl (C=O) groups is 2. The zero-order valence-corrected chi connectivity index (χ0v) is 16.0. The van der Waals surface area contributed by atoms with Gasteiger partial charge in [0.05, 0.1) is 19.9 Å². The number of nitrogens with zero attached hydrogens (tertiary/aromatic N) is 2. The molecule has 0 aliphatic carbocycles. The number of hydrogen-bond acceptors (Lipinski definition) is 4. The SMILES string of the molecule is COc1ccc(N2CCN(C(=O)CC(C)(C)C)C(C)C2=O)c(OC)c1. The van der Waals surface area contributed by atoms with Crippen molar-refractivity contribution in [3.05, 3.63) is 18.2 Å². The summed E-state index contributed by atoms with van der Waals surface area (Å²) in [5.41, 5.74) is 0.596. The van der Waals surface area contributed by atoms with E-state index in [4.69, 9.17) is 9.47 Å². The van der Waals surface area contributed by atoms with Crippen molar-refractivity contribution in [2.45, 2.75) is 40.2 Å². The Bertz CT molecular complexity index is 651. The highest BCUT2D eigenvalue weighted by Crippen LogP contribution is 2.34. The normalized spacial score (nSPS) is 18.3. The minimum absolute atomic E-state index is 0.0229. The van der Waals surface area contributed by atoms with Crippen molar-refractivity contribution in [3.8, 4) is 11.5 Å². The Labute approximate surface area is 149 Å². The first-order valence-electron chi connectivity index (χ1n) is 8.51. The van der Waals surface area contributed by atoms with Gasteiger partial charge in [-0.3, -0.25) is 9.59 Å². The molecule has 1 aliphatic heterocycles. The maximum Gasteiger partial charge on any atom is 0.249 e. The highest BCUT2D eigenvalue weighted by Gasteiger charge is 2.36. The van der Waals surface area contributed by atoms with Gasteiger partial charge >= 0.3 is 0 Å². The van der Waals surface area contributed by atoms with Gasteiger partial charge in [-0.05, 0) is 24.5 Å². The largest absolute Gasteiger partial charge is 0.497 e. The number of carbonyl (C=O) groups excluding carboxylic acids is 2. The lowest BCUT2D eigenvalue weighted by atomic mass is 9.91. The van der Waals surface area contributed by atoms with E-state index in [2.05, 4.69) is 0 Å². The number of piperazine rings is 1. The molecule has 138 valence electrons. The zero-order valence-electron chi connectivity index (χ0n) is 16.0. The molecular formula is C19H28N2O4. The fourth-order valence-electron chi connectivity index (χ4n) is 3.01. The van der Waals surface area contributed by atoms with Gasteiger partial charge in [0, 0.05) is 25.6 Å². The molecular weight excluding hydrogens is 320 g/mol. The number of benzene rings is 1. The Balaban J connectivity index is 2.21. The van der Waals surface area contributed by atoms with Gasteiger partial charge in [-0.1, -0.05) is 20.8 Å². The summed E-state index contributed by atoms with van der Waals surface area (Å²) in [7, 11) is 3.15. The monoisotopic (exact) mass is 348 g/mol. The van der Waals surface area contributed by atoms with Crippen LogP contribution in [0.1, 0.15) is 34.1 Å². The minimum Gasteiger partial charge on any atom is -0.497 e. The van der Waals surface area contributed by atoms with Crippen molar-refractivity contribution >= 4 is 17.5 Å². The lowest BCUT2D eigenvalue weighted by molar-refractivity contribution is -0.142. The van der Waals surface area contributed by atoms with Crippen LogP contribution in [0.4, 0.5) is 5.69 Å². The molecule has 1 heterocycles. The summed E-state index contributed by atoms with van der Waals surface area (Å²) in [6.45, 7) is 8.81. The summed E-state index contributed by atoms with van der Waals surface area (Å²) in [6.07, 6.45) is 0.427. The lowest BCUT2D eigenvalue weighted by Crippen LogP contribution is -2.58. The molecule has 1 aliphatic rings. The molecule has 25 heavy (non-hydrogen) atoms. The molecule has 1 aromatic carbocycles. The fourth-order valence-corrected chi connectivity index (χ4v) is 3.01. The molecule has 1 aromatic rings. The summed E-state index contributed by atoms with van der Waals surface area (Å²) < 4.78 is 10.6. The van der Waals surface area contributed by atoms with Crippen LogP contribution in [-0.4, -0.2) is 50.1 Å².